The van der Waals surface area contributed by atoms with E-state index in [2.05, 4.69) is 0 Å². The molecular formula is C12H14N2O3. The monoisotopic (exact) mass is 234 g/mol. The Kier molecular flexibility index (Phi) is 4.98. The van der Waals surface area contributed by atoms with Crippen molar-refractivity contribution in [1.82, 2.24) is 4.90 Å². The summed E-state index contributed by atoms with van der Waals surface area (Å²) in [5.74, 6) is 0. The normalized spacial score (nSPS) is 9.47. The van der Waals surface area contributed by atoms with Crippen LogP contribution < -0.4 is 0 Å². The summed E-state index contributed by atoms with van der Waals surface area (Å²) in [6, 6.07) is 9.05. The molecule has 90 valence electrons. The van der Waals surface area contributed by atoms with Crippen LogP contribution in [0.4, 0.5) is 4.79 Å². The van der Waals surface area contributed by atoms with Crippen LogP contribution in [0.3, 0.4) is 0 Å². The smallest absolute Gasteiger partial charge is 0.409 e. The fourth-order valence-electron chi connectivity index (χ4n) is 1.32. The number of ether oxygens (including phenoxy) is 1. The van der Waals surface area contributed by atoms with Crippen LogP contribution in [0, 0.1) is 11.3 Å². The first-order valence-corrected chi connectivity index (χ1v) is 5.15. The Labute approximate surface area is 99.8 Å². The van der Waals surface area contributed by atoms with Gasteiger partial charge < -0.3 is 14.7 Å². The highest BCUT2D eigenvalue weighted by atomic mass is 16.6. The van der Waals surface area contributed by atoms with Crippen molar-refractivity contribution < 1.29 is 14.6 Å². The second kappa shape index (κ2) is 6.51. The standard InChI is InChI=1S/C12H14N2O3/c1-14(12(16)17-6-5-15)9-11-4-2-3-10(7-11)8-13/h2-4,7,15H,5-6,9H2,1H3. The zero-order valence-electron chi connectivity index (χ0n) is 9.59. The van der Waals surface area contributed by atoms with Crippen LogP contribution in [0.25, 0.3) is 0 Å². The van der Waals surface area contributed by atoms with Crippen LogP contribution in [-0.4, -0.2) is 36.4 Å². The molecule has 1 aromatic rings. The Morgan fingerprint density at radius 1 is 1.59 bits per heavy atom. The number of carbonyl (C=O) groups is 1. The van der Waals surface area contributed by atoms with E-state index in [-0.39, 0.29) is 13.2 Å². The molecule has 0 fully saturated rings. The molecule has 5 nitrogen and oxygen atoms in total. The Morgan fingerprint density at radius 2 is 2.35 bits per heavy atom. The van der Waals surface area contributed by atoms with Gasteiger partial charge in [0.1, 0.15) is 6.61 Å². The molecule has 0 aromatic heterocycles. The molecule has 0 radical (unpaired) electrons. The number of nitriles is 1. The number of aliphatic hydroxyl groups is 1. The van der Waals surface area contributed by atoms with Crippen LogP contribution in [0.5, 0.6) is 0 Å². The van der Waals surface area contributed by atoms with Gasteiger partial charge in [0, 0.05) is 13.6 Å². The lowest BCUT2D eigenvalue weighted by atomic mass is 10.1. The Bertz CT molecular complexity index is 426. The molecule has 0 aliphatic rings. The van der Waals surface area contributed by atoms with E-state index in [1.807, 2.05) is 12.1 Å². The van der Waals surface area contributed by atoms with Crippen LogP contribution in [0.15, 0.2) is 24.3 Å². The number of hydrogen-bond acceptors (Lipinski definition) is 4. The largest absolute Gasteiger partial charge is 0.447 e. The van der Waals surface area contributed by atoms with E-state index in [0.29, 0.717) is 12.1 Å². The van der Waals surface area contributed by atoms with Crippen molar-refractivity contribution in [1.29, 1.82) is 5.26 Å². The summed E-state index contributed by atoms with van der Waals surface area (Å²) >= 11 is 0. The number of aliphatic hydroxyl groups excluding tert-OH is 1. The van der Waals surface area contributed by atoms with E-state index in [1.165, 1.54) is 4.90 Å². The molecule has 0 aliphatic carbocycles. The highest BCUT2D eigenvalue weighted by Crippen LogP contribution is 2.07. The van der Waals surface area contributed by atoms with Gasteiger partial charge in [-0.05, 0) is 17.7 Å². The van der Waals surface area contributed by atoms with Crippen molar-refractivity contribution in [2.24, 2.45) is 0 Å². The van der Waals surface area contributed by atoms with Gasteiger partial charge in [-0.25, -0.2) is 4.79 Å². The van der Waals surface area contributed by atoms with Gasteiger partial charge in [-0.2, -0.15) is 5.26 Å². The van der Waals surface area contributed by atoms with Crippen molar-refractivity contribution in [3.8, 4) is 6.07 Å². The number of hydrogen-bond donors (Lipinski definition) is 1. The number of amides is 1. The first-order valence-electron chi connectivity index (χ1n) is 5.15. The second-order valence-electron chi connectivity index (χ2n) is 3.51. The van der Waals surface area contributed by atoms with Gasteiger partial charge in [0.05, 0.1) is 18.2 Å². The molecule has 1 amide bonds. The molecule has 0 heterocycles. The van der Waals surface area contributed by atoms with E-state index in [0.717, 1.165) is 5.56 Å². The number of nitrogens with zero attached hydrogens (tertiary/aromatic N) is 2. The van der Waals surface area contributed by atoms with Gasteiger partial charge in [0.2, 0.25) is 0 Å². The van der Waals surface area contributed by atoms with Crippen molar-refractivity contribution in [2.75, 3.05) is 20.3 Å². The molecule has 5 heteroatoms. The van der Waals surface area contributed by atoms with E-state index in [1.54, 1.807) is 25.2 Å². The zero-order valence-corrected chi connectivity index (χ0v) is 9.59. The van der Waals surface area contributed by atoms with Crippen LogP contribution in [0.1, 0.15) is 11.1 Å². The zero-order chi connectivity index (χ0) is 12.7. The van der Waals surface area contributed by atoms with Gasteiger partial charge in [0.15, 0.2) is 0 Å². The molecule has 17 heavy (non-hydrogen) atoms. The van der Waals surface area contributed by atoms with Crippen LogP contribution >= 0.6 is 0 Å². The third-order valence-corrected chi connectivity index (χ3v) is 2.10. The fourth-order valence-corrected chi connectivity index (χ4v) is 1.32. The molecule has 1 aromatic carbocycles. The minimum Gasteiger partial charge on any atom is -0.447 e. The Hall–Kier alpha value is -2.06. The minimum absolute atomic E-state index is 0.0125. The minimum atomic E-state index is -0.499. The summed E-state index contributed by atoms with van der Waals surface area (Å²) in [6.07, 6.45) is -0.499. The van der Waals surface area contributed by atoms with Crippen LogP contribution in [-0.2, 0) is 11.3 Å². The van der Waals surface area contributed by atoms with E-state index in [4.69, 9.17) is 15.1 Å². The highest BCUT2D eigenvalue weighted by molar-refractivity contribution is 5.67. The van der Waals surface area contributed by atoms with Gasteiger partial charge in [0.25, 0.3) is 0 Å². The van der Waals surface area contributed by atoms with E-state index in [9.17, 15) is 4.79 Å². The molecule has 0 saturated heterocycles. The quantitative estimate of drug-likeness (QED) is 0.847. The number of benzene rings is 1. The SMILES string of the molecule is CN(Cc1cccc(C#N)c1)C(=O)OCCO. The maximum atomic E-state index is 11.4. The predicted octanol–water partition coefficient (Wildman–Crippen LogP) is 1.12. The molecular weight excluding hydrogens is 220 g/mol. The summed E-state index contributed by atoms with van der Waals surface area (Å²) in [6.45, 7) is 0.157. The summed E-state index contributed by atoms with van der Waals surface area (Å²) in [5, 5.41) is 17.3. The van der Waals surface area contributed by atoms with Gasteiger partial charge in [-0.3, -0.25) is 0 Å². The third kappa shape index (κ3) is 4.13. The maximum absolute atomic E-state index is 11.4. The average Bonchev–Trinajstić information content (AvgIpc) is 2.36. The molecule has 0 spiro atoms. The topological polar surface area (TPSA) is 73.6 Å². The highest BCUT2D eigenvalue weighted by Gasteiger charge is 2.10. The van der Waals surface area contributed by atoms with Crippen molar-refractivity contribution in [2.45, 2.75) is 6.54 Å². The Balaban J connectivity index is 2.58. The molecule has 0 bridgehead atoms. The van der Waals surface area contributed by atoms with Gasteiger partial charge in [-0.15, -0.1) is 0 Å². The van der Waals surface area contributed by atoms with E-state index >= 15 is 0 Å². The predicted molar refractivity (Wildman–Crippen MR) is 61.1 cm³/mol. The second-order valence-corrected chi connectivity index (χ2v) is 3.51. The molecule has 0 atom stereocenters. The molecule has 1 N–H and O–H groups in total. The lowest BCUT2D eigenvalue weighted by molar-refractivity contribution is 0.0894. The number of carbonyl (C=O) groups excluding carboxylic acids is 1. The van der Waals surface area contributed by atoms with Crippen LogP contribution in [0.2, 0.25) is 0 Å². The van der Waals surface area contributed by atoms with Crippen molar-refractivity contribution in [3.63, 3.8) is 0 Å². The summed E-state index contributed by atoms with van der Waals surface area (Å²) < 4.78 is 4.75. The summed E-state index contributed by atoms with van der Waals surface area (Å²) in [4.78, 5) is 12.8. The third-order valence-electron chi connectivity index (χ3n) is 2.10. The van der Waals surface area contributed by atoms with Crippen molar-refractivity contribution in [3.05, 3.63) is 35.4 Å². The molecule has 0 unspecified atom stereocenters. The first-order chi connectivity index (χ1) is 8.17. The van der Waals surface area contributed by atoms with E-state index < -0.39 is 6.09 Å². The van der Waals surface area contributed by atoms with Gasteiger partial charge in [-0.1, -0.05) is 12.1 Å². The Morgan fingerprint density at radius 3 is 3.00 bits per heavy atom. The number of rotatable bonds is 4. The van der Waals surface area contributed by atoms with Crippen molar-refractivity contribution >= 4 is 6.09 Å². The molecule has 1 rings (SSSR count). The van der Waals surface area contributed by atoms with Gasteiger partial charge >= 0.3 is 6.09 Å². The average molecular weight is 234 g/mol. The first kappa shape index (κ1) is 13.0. The molecule has 0 saturated carbocycles. The summed E-state index contributed by atoms with van der Waals surface area (Å²) in [5.41, 5.74) is 1.41. The lowest BCUT2D eigenvalue weighted by Gasteiger charge is -2.16. The lowest BCUT2D eigenvalue weighted by Crippen LogP contribution is -2.27. The summed E-state index contributed by atoms with van der Waals surface area (Å²) in [7, 11) is 1.60. The fraction of sp³-hybridized carbons (Fsp3) is 0.333. The molecule has 0 aliphatic heterocycles. The maximum Gasteiger partial charge on any atom is 0.409 e.